The average Bonchev–Trinajstić information content (AvgIpc) is 3.77. The van der Waals surface area contributed by atoms with E-state index in [9.17, 15) is 22.8 Å². The van der Waals surface area contributed by atoms with Gasteiger partial charge in [-0.3, -0.25) is 9.69 Å². The van der Waals surface area contributed by atoms with Gasteiger partial charge in [0.25, 0.3) is 0 Å². The predicted octanol–water partition coefficient (Wildman–Crippen LogP) is 7.75. The Morgan fingerprint density at radius 2 is 1.81 bits per heavy atom. The second-order valence-corrected chi connectivity index (χ2v) is 12.8. The molecule has 9 nitrogen and oxygen atoms in total. The molecular formula is C34H33F3N6O3S. The maximum Gasteiger partial charge on any atom is 0.573 e. The van der Waals surface area contributed by atoms with Gasteiger partial charge in [-0.15, -0.1) is 18.3 Å². The number of amides is 3. The molecule has 1 saturated heterocycles. The monoisotopic (exact) mass is 662 g/mol. The van der Waals surface area contributed by atoms with Crippen LogP contribution in [0.5, 0.6) is 5.75 Å². The molecule has 47 heavy (non-hydrogen) atoms. The number of ether oxygens (including phenoxy) is 1. The molecule has 0 bridgehead atoms. The van der Waals surface area contributed by atoms with Crippen LogP contribution in [-0.2, 0) is 4.79 Å². The fourth-order valence-corrected chi connectivity index (χ4v) is 7.09. The van der Waals surface area contributed by atoms with Crippen LogP contribution in [0.15, 0.2) is 78.0 Å². The largest absolute Gasteiger partial charge is 0.573 e. The summed E-state index contributed by atoms with van der Waals surface area (Å²) in [4.78, 5) is 36.2. The average molecular weight is 663 g/mol. The normalized spacial score (nSPS) is 19.2. The first kappa shape index (κ1) is 32.3. The Morgan fingerprint density at radius 1 is 1.06 bits per heavy atom. The lowest BCUT2D eigenvalue weighted by Gasteiger charge is -2.23. The van der Waals surface area contributed by atoms with Gasteiger partial charge in [-0.1, -0.05) is 62.0 Å². The third-order valence-corrected chi connectivity index (χ3v) is 9.23. The number of hydrogen-bond donors (Lipinski definition) is 1. The summed E-state index contributed by atoms with van der Waals surface area (Å²) in [6, 6.07) is 18.7. The summed E-state index contributed by atoms with van der Waals surface area (Å²) < 4.78 is 42.8. The van der Waals surface area contributed by atoms with Gasteiger partial charge in [-0.2, -0.15) is 4.99 Å². The first-order chi connectivity index (χ1) is 22.4. The molecule has 2 heterocycles. The molecule has 1 aliphatic carbocycles. The van der Waals surface area contributed by atoms with Crippen molar-refractivity contribution >= 4 is 34.6 Å². The van der Waals surface area contributed by atoms with Crippen LogP contribution in [0, 0.1) is 6.92 Å². The van der Waals surface area contributed by atoms with Gasteiger partial charge in [-0.25, -0.2) is 14.5 Å². The molecule has 0 spiro atoms. The van der Waals surface area contributed by atoms with Gasteiger partial charge in [-0.05, 0) is 85.0 Å². The van der Waals surface area contributed by atoms with E-state index in [1.165, 1.54) is 47.0 Å². The van der Waals surface area contributed by atoms with Crippen LogP contribution >= 0.6 is 11.8 Å². The van der Waals surface area contributed by atoms with Gasteiger partial charge in [0.15, 0.2) is 11.0 Å². The zero-order valence-corrected chi connectivity index (χ0v) is 26.8. The summed E-state index contributed by atoms with van der Waals surface area (Å²) in [6.45, 7) is 6.20. The number of benzene rings is 3. The van der Waals surface area contributed by atoms with Gasteiger partial charge in [0.2, 0.25) is 5.91 Å². The summed E-state index contributed by atoms with van der Waals surface area (Å²) in [5.74, 6) is 0.774. The number of halogens is 3. The topological polar surface area (TPSA) is 102 Å². The molecule has 3 amide bonds. The molecule has 1 saturated carbocycles. The number of hydrogen-bond acceptors (Lipinski definition) is 6. The van der Waals surface area contributed by atoms with E-state index in [0.717, 1.165) is 47.2 Å². The molecule has 1 N–H and O–H groups in total. The Hall–Kier alpha value is -4.65. The zero-order valence-electron chi connectivity index (χ0n) is 26.0. The predicted molar refractivity (Wildman–Crippen MR) is 175 cm³/mol. The van der Waals surface area contributed by atoms with Crippen LogP contribution in [0.4, 0.5) is 23.7 Å². The molecule has 1 aliphatic heterocycles. The van der Waals surface area contributed by atoms with Crippen molar-refractivity contribution in [3.05, 3.63) is 89.7 Å². The number of alkyl halides is 3. The van der Waals surface area contributed by atoms with Crippen molar-refractivity contribution in [2.24, 2.45) is 4.99 Å². The minimum Gasteiger partial charge on any atom is -0.406 e. The third kappa shape index (κ3) is 7.35. The van der Waals surface area contributed by atoms with E-state index in [1.54, 1.807) is 4.90 Å². The number of nitrogens with one attached hydrogen (secondary N) is 1. The second-order valence-electron chi connectivity index (χ2n) is 11.9. The molecule has 1 aromatic heterocycles. The van der Waals surface area contributed by atoms with Crippen molar-refractivity contribution in [1.29, 1.82) is 0 Å². The zero-order chi connectivity index (χ0) is 33.3. The van der Waals surface area contributed by atoms with Crippen LogP contribution in [0.3, 0.4) is 0 Å². The lowest BCUT2D eigenvalue weighted by molar-refractivity contribution is -0.274. The quantitative estimate of drug-likeness (QED) is 0.217. The molecule has 0 radical (unpaired) electrons. The Morgan fingerprint density at radius 3 is 2.51 bits per heavy atom. The number of nitrogens with zero attached hydrogens (tertiary/aromatic N) is 5. The number of amidine groups is 1. The molecular weight excluding hydrogens is 629 g/mol. The van der Waals surface area contributed by atoms with E-state index in [4.69, 9.17) is 0 Å². The van der Waals surface area contributed by atoms with Crippen molar-refractivity contribution in [3.63, 3.8) is 0 Å². The van der Waals surface area contributed by atoms with Crippen molar-refractivity contribution in [2.45, 2.75) is 64.3 Å². The minimum absolute atomic E-state index is 0.0393. The van der Waals surface area contributed by atoms with Crippen molar-refractivity contribution in [2.75, 3.05) is 10.7 Å². The first-order valence-electron chi connectivity index (χ1n) is 15.3. The fraction of sp³-hybridized carbons (Fsp3) is 0.324. The summed E-state index contributed by atoms with van der Waals surface area (Å²) in [5, 5.41) is 7.92. The Labute approximate surface area is 274 Å². The van der Waals surface area contributed by atoms with Crippen LogP contribution in [0.25, 0.3) is 17.1 Å². The second kappa shape index (κ2) is 13.2. The highest BCUT2D eigenvalue weighted by atomic mass is 32.2. The Balaban J connectivity index is 1.07. The maximum absolute atomic E-state index is 13.0. The number of aliphatic imine (C=N–C) groups is 1. The van der Waals surface area contributed by atoms with Crippen LogP contribution in [0.1, 0.15) is 61.6 Å². The first-order valence-corrected chi connectivity index (χ1v) is 16.3. The van der Waals surface area contributed by atoms with Crippen molar-refractivity contribution < 1.29 is 27.5 Å². The van der Waals surface area contributed by atoms with Crippen molar-refractivity contribution in [1.82, 2.24) is 20.1 Å². The number of carbonyl (C=O) groups excluding carboxylic acids is 2. The van der Waals surface area contributed by atoms with Gasteiger partial charge in [0, 0.05) is 11.6 Å². The summed E-state index contributed by atoms with van der Waals surface area (Å²) >= 11 is 1.28. The summed E-state index contributed by atoms with van der Waals surface area (Å²) in [5.41, 5.74) is 5.42. The molecule has 2 unspecified atom stereocenters. The van der Waals surface area contributed by atoms with Crippen LogP contribution < -0.4 is 15.0 Å². The third-order valence-electron chi connectivity index (χ3n) is 8.31. The van der Waals surface area contributed by atoms with Crippen LogP contribution in [-0.4, -0.2) is 50.0 Å². The molecule has 3 aromatic carbocycles. The van der Waals surface area contributed by atoms with Gasteiger partial charge < -0.3 is 10.1 Å². The van der Waals surface area contributed by atoms with E-state index in [0.29, 0.717) is 16.7 Å². The number of urea groups is 1. The van der Waals surface area contributed by atoms with E-state index in [2.05, 4.69) is 39.0 Å². The highest BCUT2D eigenvalue weighted by Crippen LogP contribution is 2.37. The number of aromatic nitrogens is 3. The SMILES string of the molecule is Cc1cccc(N2C(=O)CSC2=NC(=O)NC2CCC(c3ccc(-c4ncn(-c5ccc(OC(F)(F)F)cc5)n4)cc3)C2)c1C(C)C. The molecule has 2 atom stereocenters. The van der Waals surface area contributed by atoms with E-state index in [-0.39, 0.29) is 35.3 Å². The molecule has 2 aliphatic rings. The highest BCUT2D eigenvalue weighted by Gasteiger charge is 2.34. The van der Waals surface area contributed by atoms with E-state index >= 15 is 0 Å². The molecule has 4 aromatic rings. The highest BCUT2D eigenvalue weighted by molar-refractivity contribution is 8.15. The lowest BCUT2D eigenvalue weighted by atomic mass is 9.95. The number of carbonyl (C=O) groups is 2. The van der Waals surface area contributed by atoms with Crippen LogP contribution in [0.2, 0.25) is 0 Å². The number of anilines is 1. The van der Waals surface area contributed by atoms with Gasteiger partial charge in [0.1, 0.15) is 12.1 Å². The standard InChI is InChI=1S/C34H33F3N6O3S/c1-20(2)30-21(3)5-4-6-28(30)43-29(44)18-47-33(43)40-32(45)39-25-12-11-24(17-25)22-7-9-23(10-8-22)31-38-19-42(41-31)26-13-15-27(16-14-26)46-34(35,36)37/h4-10,13-16,19-20,24-25H,11-12,17-18H2,1-3H3,(H,39,45). The van der Waals surface area contributed by atoms with E-state index in [1.807, 2.05) is 49.4 Å². The van der Waals surface area contributed by atoms with Gasteiger partial charge in [0.05, 0.1) is 17.1 Å². The smallest absolute Gasteiger partial charge is 0.406 e. The van der Waals surface area contributed by atoms with Crippen molar-refractivity contribution in [3.8, 4) is 22.8 Å². The molecule has 13 heteroatoms. The number of aryl methyl sites for hydroxylation is 1. The number of thioether (sulfide) groups is 1. The Bertz CT molecular complexity index is 1810. The molecule has 6 rings (SSSR count). The fourth-order valence-electron chi connectivity index (χ4n) is 6.23. The Kier molecular flexibility index (Phi) is 9.09. The number of rotatable bonds is 7. The van der Waals surface area contributed by atoms with E-state index < -0.39 is 12.4 Å². The maximum atomic E-state index is 13.0. The summed E-state index contributed by atoms with van der Waals surface area (Å²) in [6.07, 6.45) is -0.771. The minimum atomic E-state index is -4.75. The van der Waals surface area contributed by atoms with Gasteiger partial charge >= 0.3 is 12.4 Å². The summed E-state index contributed by atoms with van der Waals surface area (Å²) in [7, 11) is 0. The molecule has 244 valence electrons. The molecule has 2 fully saturated rings. The lowest BCUT2D eigenvalue weighted by Crippen LogP contribution is -2.34.